The van der Waals surface area contributed by atoms with Crippen LogP contribution in [0.3, 0.4) is 0 Å². The molecule has 0 saturated heterocycles. The van der Waals surface area contributed by atoms with Crippen LogP contribution in [0.2, 0.25) is 0 Å². The smallest absolute Gasteiger partial charge is 0.123 e. The van der Waals surface area contributed by atoms with Crippen LogP contribution in [0.25, 0.3) is 0 Å². The molecule has 0 saturated carbocycles. The highest BCUT2D eigenvalue weighted by Gasteiger charge is 2.17. The molecular weight excluding hydrogens is 242 g/mol. The van der Waals surface area contributed by atoms with Gasteiger partial charge in [0.15, 0.2) is 0 Å². The van der Waals surface area contributed by atoms with Crippen LogP contribution in [-0.2, 0) is 12.8 Å². The van der Waals surface area contributed by atoms with Crippen LogP contribution in [0, 0.1) is 6.92 Å². The number of hydrogen-bond acceptors (Lipinski definition) is 3. The molecule has 0 aliphatic heterocycles. The van der Waals surface area contributed by atoms with Gasteiger partial charge in [-0.3, -0.25) is 0 Å². The molecule has 2 aromatic rings. The molecule has 0 aromatic carbocycles. The Balaban J connectivity index is 2.13. The van der Waals surface area contributed by atoms with Crippen LogP contribution in [0.15, 0.2) is 28.9 Å². The summed E-state index contributed by atoms with van der Waals surface area (Å²) < 4.78 is 5.63. The number of thiophene rings is 1. The molecule has 0 bridgehead atoms. The molecule has 18 heavy (non-hydrogen) atoms. The topological polar surface area (TPSA) is 25.2 Å². The maximum Gasteiger partial charge on any atom is 0.123 e. The van der Waals surface area contributed by atoms with Gasteiger partial charge in [-0.05, 0) is 43.7 Å². The molecule has 0 spiro atoms. The Bertz CT molecular complexity index is 486. The van der Waals surface area contributed by atoms with E-state index in [0.29, 0.717) is 0 Å². The van der Waals surface area contributed by atoms with Gasteiger partial charge in [0.1, 0.15) is 5.76 Å². The molecule has 2 aromatic heterocycles. The first kappa shape index (κ1) is 13.4. The van der Waals surface area contributed by atoms with Crippen molar-refractivity contribution in [2.24, 2.45) is 0 Å². The monoisotopic (exact) mass is 263 g/mol. The van der Waals surface area contributed by atoms with Crippen LogP contribution >= 0.6 is 11.3 Å². The molecule has 1 unspecified atom stereocenters. The minimum Gasteiger partial charge on any atom is -0.467 e. The van der Waals surface area contributed by atoms with Crippen LogP contribution in [0.5, 0.6) is 0 Å². The lowest BCUT2D eigenvalue weighted by Crippen LogP contribution is -2.22. The second kappa shape index (κ2) is 6.21. The summed E-state index contributed by atoms with van der Waals surface area (Å²) in [7, 11) is 0. The molecule has 0 fully saturated rings. The summed E-state index contributed by atoms with van der Waals surface area (Å²) >= 11 is 1.91. The Morgan fingerprint density at radius 2 is 2.00 bits per heavy atom. The van der Waals surface area contributed by atoms with E-state index in [2.05, 4.69) is 38.2 Å². The van der Waals surface area contributed by atoms with Crippen LogP contribution in [0.4, 0.5) is 0 Å². The fourth-order valence-electron chi connectivity index (χ4n) is 2.17. The van der Waals surface area contributed by atoms with Crippen LogP contribution in [-0.4, -0.2) is 6.54 Å². The third-order valence-electron chi connectivity index (χ3n) is 3.14. The van der Waals surface area contributed by atoms with Gasteiger partial charge in [-0.1, -0.05) is 13.8 Å². The number of rotatable bonds is 6. The van der Waals surface area contributed by atoms with E-state index in [1.54, 1.807) is 6.26 Å². The first-order valence-corrected chi connectivity index (χ1v) is 7.41. The summed E-state index contributed by atoms with van der Waals surface area (Å²) in [5.41, 5.74) is 1.23. The van der Waals surface area contributed by atoms with Gasteiger partial charge in [-0.15, -0.1) is 11.3 Å². The molecule has 0 aliphatic carbocycles. The summed E-state index contributed by atoms with van der Waals surface area (Å²) in [4.78, 5) is 2.88. The molecule has 98 valence electrons. The zero-order chi connectivity index (χ0) is 13.0. The number of likely N-dealkylation sites (N-methyl/N-ethyl adjacent to an activating group) is 1. The second-order valence-corrected chi connectivity index (χ2v) is 5.76. The summed E-state index contributed by atoms with van der Waals surface area (Å²) in [5.74, 6) is 1.07. The SMILES string of the molecule is CCNC(Cc1ccc(CC)s1)c1occc1C. The summed E-state index contributed by atoms with van der Waals surface area (Å²) in [6, 6.07) is 6.80. The summed E-state index contributed by atoms with van der Waals surface area (Å²) in [6.45, 7) is 7.40. The zero-order valence-electron chi connectivity index (χ0n) is 11.3. The van der Waals surface area contributed by atoms with E-state index in [1.165, 1.54) is 15.3 Å². The maximum atomic E-state index is 5.63. The molecule has 1 atom stereocenters. The van der Waals surface area contributed by atoms with Gasteiger partial charge >= 0.3 is 0 Å². The van der Waals surface area contributed by atoms with E-state index in [1.807, 2.05) is 17.4 Å². The quantitative estimate of drug-likeness (QED) is 0.848. The van der Waals surface area contributed by atoms with Gasteiger partial charge < -0.3 is 9.73 Å². The average Bonchev–Trinajstić information content (AvgIpc) is 2.97. The first-order chi connectivity index (χ1) is 8.74. The first-order valence-electron chi connectivity index (χ1n) is 6.59. The van der Waals surface area contributed by atoms with Crippen molar-refractivity contribution < 1.29 is 4.42 Å². The minimum atomic E-state index is 0.286. The van der Waals surface area contributed by atoms with Gasteiger partial charge in [0.25, 0.3) is 0 Å². The van der Waals surface area contributed by atoms with Crippen molar-refractivity contribution in [1.82, 2.24) is 5.32 Å². The Morgan fingerprint density at radius 3 is 2.56 bits per heavy atom. The third kappa shape index (κ3) is 3.03. The van der Waals surface area contributed by atoms with E-state index < -0.39 is 0 Å². The summed E-state index contributed by atoms with van der Waals surface area (Å²) in [5, 5.41) is 3.51. The Hall–Kier alpha value is -1.06. The lowest BCUT2D eigenvalue weighted by Gasteiger charge is -2.15. The molecular formula is C15H21NOS. The van der Waals surface area contributed by atoms with Crippen molar-refractivity contribution in [2.45, 2.75) is 39.7 Å². The summed E-state index contributed by atoms with van der Waals surface area (Å²) in [6.07, 6.45) is 3.91. The van der Waals surface area contributed by atoms with E-state index in [0.717, 1.165) is 25.1 Å². The minimum absolute atomic E-state index is 0.286. The van der Waals surface area contributed by atoms with Crippen molar-refractivity contribution in [2.75, 3.05) is 6.54 Å². The lowest BCUT2D eigenvalue weighted by molar-refractivity contribution is 0.415. The van der Waals surface area contributed by atoms with Gasteiger partial charge in [-0.25, -0.2) is 0 Å². The van der Waals surface area contributed by atoms with Crippen LogP contribution in [0.1, 0.15) is 41.0 Å². The zero-order valence-corrected chi connectivity index (χ0v) is 12.1. The highest BCUT2D eigenvalue weighted by atomic mass is 32.1. The van der Waals surface area contributed by atoms with Crippen molar-refractivity contribution in [3.63, 3.8) is 0 Å². The van der Waals surface area contributed by atoms with Crippen LogP contribution < -0.4 is 5.32 Å². The fraction of sp³-hybridized carbons (Fsp3) is 0.467. The number of nitrogens with one attached hydrogen (secondary N) is 1. The molecule has 0 radical (unpaired) electrons. The predicted octanol–water partition coefficient (Wildman–Crippen LogP) is 4.11. The standard InChI is InChI=1S/C15H21NOS/c1-4-12-6-7-13(18-12)10-14(16-5-2)15-11(3)8-9-17-15/h6-9,14,16H,4-5,10H2,1-3H3. The Labute approximate surface area is 113 Å². The highest BCUT2D eigenvalue weighted by molar-refractivity contribution is 7.11. The normalized spacial score (nSPS) is 12.8. The average molecular weight is 263 g/mol. The van der Waals surface area contributed by atoms with Gasteiger partial charge in [0.2, 0.25) is 0 Å². The molecule has 2 heterocycles. The lowest BCUT2D eigenvalue weighted by atomic mass is 10.1. The van der Waals surface area contributed by atoms with E-state index in [9.17, 15) is 0 Å². The molecule has 3 heteroatoms. The second-order valence-electron chi connectivity index (χ2n) is 4.50. The predicted molar refractivity (Wildman–Crippen MR) is 77.3 cm³/mol. The molecule has 2 rings (SSSR count). The van der Waals surface area contributed by atoms with Crippen molar-refractivity contribution in [3.05, 3.63) is 45.5 Å². The van der Waals surface area contributed by atoms with E-state index in [-0.39, 0.29) is 6.04 Å². The molecule has 0 amide bonds. The molecule has 0 aliphatic rings. The Kier molecular flexibility index (Phi) is 4.61. The highest BCUT2D eigenvalue weighted by Crippen LogP contribution is 2.26. The number of hydrogen-bond donors (Lipinski definition) is 1. The molecule has 1 N–H and O–H groups in total. The van der Waals surface area contributed by atoms with Crippen molar-refractivity contribution in [1.29, 1.82) is 0 Å². The fourth-order valence-corrected chi connectivity index (χ4v) is 3.17. The van der Waals surface area contributed by atoms with Gasteiger partial charge in [-0.2, -0.15) is 0 Å². The van der Waals surface area contributed by atoms with E-state index >= 15 is 0 Å². The van der Waals surface area contributed by atoms with Gasteiger partial charge in [0, 0.05) is 16.2 Å². The molecule has 2 nitrogen and oxygen atoms in total. The van der Waals surface area contributed by atoms with E-state index in [4.69, 9.17) is 4.42 Å². The Morgan fingerprint density at radius 1 is 1.22 bits per heavy atom. The van der Waals surface area contributed by atoms with Crippen molar-refractivity contribution >= 4 is 11.3 Å². The largest absolute Gasteiger partial charge is 0.467 e. The third-order valence-corrected chi connectivity index (χ3v) is 4.39. The number of aryl methyl sites for hydroxylation is 2. The van der Waals surface area contributed by atoms with Crippen molar-refractivity contribution in [3.8, 4) is 0 Å². The number of furan rings is 1. The van der Waals surface area contributed by atoms with Gasteiger partial charge in [0.05, 0.1) is 12.3 Å². The maximum absolute atomic E-state index is 5.63.